The van der Waals surface area contributed by atoms with E-state index < -0.39 is 16.0 Å². The zero-order chi connectivity index (χ0) is 14.8. The highest BCUT2D eigenvalue weighted by Gasteiger charge is 2.28. The van der Waals surface area contributed by atoms with Crippen LogP contribution in [0.5, 0.6) is 0 Å². The van der Waals surface area contributed by atoms with Gasteiger partial charge in [0, 0.05) is 13.1 Å². The summed E-state index contributed by atoms with van der Waals surface area (Å²) in [5.41, 5.74) is 6.00. The number of carbonyl (C=O) groups is 1. The van der Waals surface area contributed by atoms with Crippen molar-refractivity contribution in [3.63, 3.8) is 0 Å². The zero-order valence-corrected chi connectivity index (χ0v) is 11.9. The topological polar surface area (TPSA) is 98.9 Å². The third-order valence-electron chi connectivity index (χ3n) is 3.02. The van der Waals surface area contributed by atoms with Gasteiger partial charge < -0.3 is 15.2 Å². The SMILES string of the molecule is COC(=O)c1ccc(S(=O)(=O)N2CCOCC2)c(N)c1. The predicted octanol–water partition coefficient (Wildman–Crippen LogP) is 0.0763. The molecule has 2 rings (SSSR count). The molecule has 110 valence electrons. The van der Waals surface area contributed by atoms with Crippen molar-refractivity contribution in [3.8, 4) is 0 Å². The number of carbonyl (C=O) groups excluding carboxylic acids is 1. The third kappa shape index (κ3) is 2.77. The quantitative estimate of drug-likeness (QED) is 0.627. The van der Waals surface area contributed by atoms with Gasteiger partial charge in [0.1, 0.15) is 4.90 Å². The molecular formula is C12H16N2O5S. The Kier molecular flexibility index (Phi) is 4.26. The van der Waals surface area contributed by atoms with Gasteiger partial charge in [0.2, 0.25) is 10.0 Å². The fraction of sp³-hybridized carbons (Fsp3) is 0.417. The van der Waals surface area contributed by atoms with Gasteiger partial charge in [-0.2, -0.15) is 4.31 Å². The zero-order valence-electron chi connectivity index (χ0n) is 11.0. The minimum Gasteiger partial charge on any atom is -0.465 e. The standard InChI is InChI=1S/C12H16N2O5S/c1-18-12(15)9-2-3-11(10(13)8-9)20(16,17)14-4-6-19-7-5-14/h2-3,8H,4-7,13H2,1H3. The van der Waals surface area contributed by atoms with E-state index in [2.05, 4.69) is 4.74 Å². The average Bonchev–Trinajstić information content (AvgIpc) is 2.47. The number of ether oxygens (including phenoxy) is 2. The summed E-state index contributed by atoms with van der Waals surface area (Å²) in [7, 11) is -2.42. The Labute approximate surface area is 117 Å². The maximum Gasteiger partial charge on any atom is 0.337 e. The number of esters is 1. The summed E-state index contributed by atoms with van der Waals surface area (Å²) in [6.07, 6.45) is 0. The highest BCUT2D eigenvalue weighted by atomic mass is 32.2. The fourth-order valence-corrected chi connectivity index (χ4v) is 3.46. The van der Waals surface area contributed by atoms with Crippen LogP contribution in [0.2, 0.25) is 0 Å². The van der Waals surface area contributed by atoms with Gasteiger partial charge in [0.05, 0.1) is 31.6 Å². The third-order valence-corrected chi connectivity index (χ3v) is 4.99. The Morgan fingerprint density at radius 2 is 2.00 bits per heavy atom. The molecule has 0 unspecified atom stereocenters. The van der Waals surface area contributed by atoms with Crippen LogP contribution in [-0.4, -0.2) is 52.1 Å². The minimum absolute atomic E-state index is 0.00736. The number of morpholine rings is 1. The van der Waals surface area contributed by atoms with E-state index in [-0.39, 0.29) is 16.1 Å². The molecule has 0 spiro atoms. The number of benzene rings is 1. The lowest BCUT2D eigenvalue weighted by molar-refractivity contribution is 0.0600. The number of methoxy groups -OCH3 is 1. The van der Waals surface area contributed by atoms with Crippen LogP contribution in [0.4, 0.5) is 5.69 Å². The number of hydrogen-bond donors (Lipinski definition) is 1. The van der Waals surface area contributed by atoms with E-state index in [1.165, 1.54) is 29.6 Å². The van der Waals surface area contributed by atoms with Crippen LogP contribution in [0.1, 0.15) is 10.4 Å². The Morgan fingerprint density at radius 1 is 1.35 bits per heavy atom. The molecular weight excluding hydrogens is 284 g/mol. The Hall–Kier alpha value is -1.64. The molecule has 20 heavy (non-hydrogen) atoms. The molecule has 1 aromatic carbocycles. The van der Waals surface area contributed by atoms with Crippen LogP contribution in [0.3, 0.4) is 0 Å². The number of nitrogens with zero attached hydrogens (tertiary/aromatic N) is 1. The average molecular weight is 300 g/mol. The molecule has 2 N–H and O–H groups in total. The summed E-state index contributed by atoms with van der Waals surface area (Å²) in [6, 6.07) is 4.01. The van der Waals surface area contributed by atoms with E-state index >= 15 is 0 Å². The van der Waals surface area contributed by atoms with E-state index in [4.69, 9.17) is 10.5 Å². The molecule has 1 aromatic rings. The van der Waals surface area contributed by atoms with Gasteiger partial charge >= 0.3 is 5.97 Å². The number of nitrogens with two attached hydrogens (primary N) is 1. The first kappa shape index (κ1) is 14.8. The van der Waals surface area contributed by atoms with Crippen LogP contribution in [0, 0.1) is 0 Å². The fourth-order valence-electron chi connectivity index (χ4n) is 1.95. The molecule has 1 aliphatic rings. The first-order chi connectivity index (χ1) is 9.46. The maximum absolute atomic E-state index is 12.4. The minimum atomic E-state index is -3.67. The number of nitrogen functional groups attached to an aromatic ring is 1. The van der Waals surface area contributed by atoms with Crippen LogP contribution >= 0.6 is 0 Å². The molecule has 7 nitrogen and oxygen atoms in total. The Bertz CT molecular complexity index is 608. The van der Waals surface area contributed by atoms with E-state index in [9.17, 15) is 13.2 Å². The van der Waals surface area contributed by atoms with Crippen LogP contribution < -0.4 is 5.73 Å². The number of rotatable bonds is 3. The molecule has 1 saturated heterocycles. The first-order valence-electron chi connectivity index (χ1n) is 6.02. The van der Waals surface area contributed by atoms with Crippen molar-refractivity contribution in [1.29, 1.82) is 0 Å². The van der Waals surface area contributed by atoms with Crippen molar-refractivity contribution in [2.24, 2.45) is 0 Å². The summed E-state index contributed by atoms with van der Waals surface area (Å²) in [5, 5.41) is 0. The lowest BCUT2D eigenvalue weighted by atomic mass is 10.2. The summed E-state index contributed by atoms with van der Waals surface area (Å²) in [6.45, 7) is 1.31. The monoisotopic (exact) mass is 300 g/mol. The van der Waals surface area contributed by atoms with Crippen molar-refractivity contribution in [3.05, 3.63) is 23.8 Å². The lowest BCUT2D eigenvalue weighted by Gasteiger charge is -2.26. The molecule has 1 heterocycles. The molecule has 0 aliphatic carbocycles. The summed E-state index contributed by atoms with van der Waals surface area (Å²) in [4.78, 5) is 11.4. The van der Waals surface area contributed by atoms with E-state index in [0.717, 1.165) is 0 Å². The van der Waals surface area contributed by atoms with Crippen molar-refractivity contribution >= 4 is 21.7 Å². The van der Waals surface area contributed by atoms with Gasteiger partial charge in [-0.05, 0) is 18.2 Å². The van der Waals surface area contributed by atoms with Crippen LogP contribution in [0.15, 0.2) is 23.1 Å². The molecule has 1 aliphatic heterocycles. The lowest BCUT2D eigenvalue weighted by Crippen LogP contribution is -2.40. The van der Waals surface area contributed by atoms with Crippen molar-refractivity contribution < 1.29 is 22.7 Å². The molecule has 0 aromatic heterocycles. The number of hydrogen-bond acceptors (Lipinski definition) is 6. The van der Waals surface area contributed by atoms with Gasteiger partial charge in [0.15, 0.2) is 0 Å². The predicted molar refractivity (Wildman–Crippen MR) is 71.8 cm³/mol. The molecule has 0 radical (unpaired) electrons. The van der Waals surface area contributed by atoms with Gasteiger partial charge in [-0.1, -0.05) is 0 Å². The van der Waals surface area contributed by atoms with Crippen molar-refractivity contribution in [2.75, 3.05) is 39.1 Å². The van der Waals surface area contributed by atoms with Gasteiger partial charge in [0.25, 0.3) is 0 Å². The Morgan fingerprint density at radius 3 is 2.55 bits per heavy atom. The van der Waals surface area contributed by atoms with Gasteiger partial charge in [-0.25, -0.2) is 13.2 Å². The number of sulfonamides is 1. The highest BCUT2D eigenvalue weighted by molar-refractivity contribution is 7.89. The largest absolute Gasteiger partial charge is 0.465 e. The van der Waals surface area contributed by atoms with Gasteiger partial charge in [-0.15, -0.1) is 0 Å². The molecule has 0 amide bonds. The maximum atomic E-state index is 12.4. The first-order valence-corrected chi connectivity index (χ1v) is 7.46. The Balaban J connectivity index is 2.34. The molecule has 0 saturated carbocycles. The van der Waals surface area contributed by atoms with Gasteiger partial charge in [-0.3, -0.25) is 0 Å². The smallest absolute Gasteiger partial charge is 0.337 e. The molecule has 8 heteroatoms. The summed E-state index contributed by atoms with van der Waals surface area (Å²) >= 11 is 0. The van der Waals surface area contributed by atoms with Crippen LogP contribution in [-0.2, 0) is 19.5 Å². The second-order valence-corrected chi connectivity index (χ2v) is 6.17. The summed E-state index contributed by atoms with van der Waals surface area (Å²) < 4.78 is 35.9. The normalized spacial score (nSPS) is 16.9. The van der Waals surface area contributed by atoms with E-state index in [0.29, 0.717) is 26.3 Å². The van der Waals surface area contributed by atoms with Crippen molar-refractivity contribution in [1.82, 2.24) is 4.31 Å². The number of anilines is 1. The molecule has 0 bridgehead atoms. The van der Waals surface area contributed by atoms with Crippen LogP contribution in [0.25, 0.3) is 0 Å². The van der Waals surface area contributed by atoms with E-state index in [1.807, 2.05) is 0 Å². The molecule has 0 atom stereocenters. The highest BCUT2D eigenvalue weighted by Crippen LogP contribution is 2.24. The molecule has 1 fully saturated rings. The second-order valence-electron chi connectivity index (χ2n) is 4.26. The summed E-state index contributed by atoms with van der Waals surface area (Å²) in [5.74, 6) is -0.563. The van der Waals surface area contributed by atoms with Crippen molar-refractivity contribution in [2.45, 2.75) is 4.90 Å². The van der Waals surface area contributed by atoms with E-state index in [1.54, 1.807) is 0 Å². The second kappa shape index (κ2) is 5.78.